The quantitative estimate of drug-likeness (QED) is 0.693. The van der Waals surface area contributed by atoms with Crippen LogP contribution in [0, 0.1) is 12.7 Å². The van der Waals surface area contributed by atoms with Crippen LogP contribution in [0.3, 0.4) is 0 Å². The highest BCUT2D eigenvalue weighted by molar-refractivity contribution is 7.15. The molecule has 3 nitrogen and oxygen atoms in total. The van der Waals surface area contributed by atoms with Crippen molar-refractivity contribution in [2.75, 3.05) is 6.54 Å². The minimum Gasteiger partial charge on any atom is -0.460 e. The average Bonchev–Trinajstić information content (AvgIpc) is 3.14. The van der Waals surface area contributed by atoms with Crippen molar-refractivity contribution >= 4 is 11.3 Å². The Morgan fingerprint density at radius 3 is 2.73 bits per heavy atom. The molecule has 3 aromatic rings. The van der Waals surface area contributed by atoms with Crippen LogP contribution in [0.15, 0.2) is 47.0 Å². The molecule has 0 unspecified atom stereocenters. The molecule has 2 aromatic heterocycles. The summed E-state index contributed by atoms with van der Waals surface area (Å²) in [6, 6.07) is 10.5. The highest BCUT2D eigenvalue weighted by Crippen LogP contribution is 2.27. The van der Waals surface area contributed by atoms with Crippen molar-refractivity contribution in [2.24, 2.45) is 0 Å². The lowest BCUT2D eigenvalue weighted by Crippen LogP contribution is -2.16. The zero-order valence-corrected chi connectivity index (χ0v) is 13.1. The maximum atomic E-state index is 12.8. The molecule has 0 bridgehead atoms. The van der Waals surface area contributed by atoms with Gasteiger partial charge in [-0.2, -0.15) is 0 Å². The second kappa shape index (κ2) is 6.85. The maximum absolute atomic E-state index is 12.8. The van der Waals surface area contributed by atoms with Crippen LogP contribution in [0.2, 0.25) is 0 Å². The third-order valence-corrected chi connectivity index (χ3v) is 4.33. The fourth-order valence-electron chi connectivity index (χ4n) is 2.15. The van der Waals surface area contributed by atoms with E-state index in [0.717, 1.165) is 46.5 Å². The van der Waals surface area contributed by atoms with Crippen LogP contribution in [0.5, 0.6) is 0 Å². The van der Waals surface area contributed by atoms with Crippen LogP contribution >= 0.6 is 11.3 Å². The molecule has 0 saturated carbocycles. The number of hydrogen-bond acceptors (Lipinski definition) is 4. The zero-order chi connectivity index (χ0) is 15.4. The summed E-state index contributed by atoms with van der Waals surface area (Å²) in [6.07, 6.45) is 2.72. The molecule has 0 aliphatic rings. The van der Waals surface area contributed by atoms with Crippen molar-refractivity contribution in [1.82, 2.24) is 10.3 Å². The minimum absolute atomic E-state index is 0.194. The van der Waals surface area contributed by atoms with Crippen LogP contribution in [-0.4, -0.2) is 11.5 Å². The van der Waals surface area contributed by atoms with Gasteiger partial charge in [0, 0.05) is 12.7 Å². The van der Waals surface area contributed by atoms with Gasteiger partial charge in [-0.25, -0.2) is 9.37 Å². The van der Waals surface area contributed by atoms with Gasteiger partial charge in [0.25, 0.3) is 0 Å². The third kappa shape index (κ3) is 3.81. The maximum Gasteiger partial charge on any atom is 0.145 e. The van der Waals surface area contributed by atoms with Crippen molar-refractivity contribution in [3.8, 4) is 10.6 Å². The summed E-state index contributed by atoms with van der Waals surface area (Å²) in [6.45, 7) is 3.49. The largest absolute Gasteiger partial charge is 0.460 e. The Bertz CT molecular complexity index is 733. The molecule has 0 amide bonds. The molecular weight excluding hydrogens is 299 g/mol. The topological polar surface area (TPSA) is 38.1 Å². The summed E-state index contributed by atoms with van der Waals surface area (Å²) in [7, 11) is 0. The molecule has 1 N–H and O–H groups in total. The Morgan fingerprint density at radius 2 is 2.00 bits per heavy atom. The van der Waals surface area contributed by atoms with Gasteiger partial charge in [-0.15, -0.1) is 11.3 Å². The minimum atomic E-state index is -0.194. The Labute approximate surface area is 132 Å². The van der Waals surface area contributed by atoms with E-state index in [1.807, 2.05) is 37.4 Å². The van der Waals surface area contributed by atoms with Crippen molar-refractivity contribution in [1.29, 1.82) is 0 Å². The molecular formula is C17H17FN2OS. The fourth-order valence-corrected chi connectivity index (χ4v) is 3.00. The standard InChI is InChI=1S/C17H17FN2OS/c1-12-2-7-15(21-12)16-10-20-17(22-16)11-19-9-8-13-3-5-14(18)6-4-13/h2-7,10,19H,8-9,11H2,1H3. The van der Waals surface area contributed by atoms with E-state index in [1.165, 1.54) is 12.1 Å². The highest BCUT2D eigenvalue weighted by Gasteiger charge is 2.07. The molecule has 2 heterocycles. The van der Waals surface area contributed by atoms with Gasteiger partial charge >= 0.3 is 0 Å². The van der Waals surface area contributed by atoms with E-state index >= 15 is 0 Å². The van der Waals surface area contributed by atoms with E-state index < -0.39 is 0 Å². The predicted octanol–water partition coefficient (Wildman–Crippen LogP) is 4.18. The molecule has 0 aliphatic carbocycles. The monoisotopic (exact) mass is 316 g/mol. The molecule has 0 fully saturated rings. The number of halogens is 1. The first-order chi connectivity index (χ1) is 10.7. The molecule has 0 radical (unpaired) electrons. The molecule has 1 aromatic carbocycles. The molecule has 114 valence electrons. The zero-order valence-electron chi connectivity index (χ0n) is 12.3. The van der Waals surface area contributed by atoms with Crippen molar-refractivity contribution in [2.45, 2.75) is 19.9 Å². The number of furan rings is 1. The number of nitrogens with one attached hydrogen (secondary N) is 1. The summed E-state index contributed by atoms with van der Waals surface area (Å²) in [5.74, 6) is 1.58. The summed E-state index contributed by atoms with van der Waals surface area (Å²) in [5, 5.41) is 4.39. The summed E-state index contributed by atoms with van der Waals surface area (Å²) >= 11 is 1.63. The molecule has 3 rings (SSSR count). The molecule has 0 atom stereocenters. The number of nitrogens with zero attached hydrogens (tertiary/aromatic N) is 1. The van der Waals surface area contributed by atoms with E-state index in [2.05, 4.69) is 10.3 Å². The SMILES string of the molecule is Cc1ccc(-c2cnc(CNCCc3ccc(F)cc3)s2)o1. The van der Waals surface area contributed by atoms with Gasteiger partial charge in [-0.05, 0) is 49.7 Å². The van der Waals surface area contributed by atoms with Gasteiger partial charge in [-0.3, -0.25) is 0 Å². The number of aromatic nitrogens is 1. The number of thiazole rings is 1. The second-order valence-corrected chi connectivity index (χ2v) is 6.20. The highest BCUT2D eigenvalue weighted by atomic mass is 32.1. The van der Waals surface area contributed by atoms with Gasteiger partial charge in [0.05, 0.1) is 4.88 Å². The van der Waals surface area contributed by atoms with Gasteiger partial charge in [0.15, 0.2) is 0 Å². The molecule has 0 saturated heterocycles. The van der Waals surface area contributed by atoms with Crippen LogP contribution in [0.1, 0.15) is 16.3 Å². The van der Waals surface area contributed by atoms with Crippen molar-refractivity contribution in [3.05, 3.63) is 64.7 Å². The van der Waals surface area contributed by atoms with Gasteiger partial charge in [0.2, 0.25) is 0 Å². The van der Waals surface area contributed by atoms with Crippen LogP contribution in [-0.2, 0) is 13.0 Å². The molecule has 5 heteroatoms. The van der Waals surface area contributed by atoms with Gasteiger partial charge in [-0.1, -0.05) is 12.1 Å². The molecule has 0 spiro atoms. The number of aryl methyl sites for hydroxylation is 1. The Balaban J connectivity index is 1.48. The van der Waals surface area contributed by atoms with Gasteiger partial charge in [0.1, 0.15) is 22.3 Å². The van der Waals surface area contributed by atoms with E-state index in [9.17, 15) is 4.39 Å². The predicted molar refractivity (Wildman–Crippen MR) is 86.4 cm³/mol. The fraction of sp³-hybridized carbons (Fsp3) is 0.235. The third-order valence-electron chi connectivity index (χ3n) is 3.32. The average molecular weight is 316 g/mol. The van der Waals surface area contributed by atoms with Crippen LogP contribution in [0.4, 0.5) is 4.39 Å². The van der Waals surface area contributed by atoms with E-state index in [4.69, 9.17) is 4.42 Å². The Kier molecular flexibility index (Phi) is 4.65. The normalized spacial score (nSPS) is 11.0. The number of rotatable bonds is 6. The smallest absolute Gasteiger partial charge is 0.145 e. The lowest BCUT2D eigenvalue weighted by molar-refractivity contribution is 0.549. The first-order valence-electron chi connectivity index (χ1n) is 7.17. The van der Waals surface area contributed by atoms with Gasteiger partial charge < -0.3 is 9.73 Å². The van der Waals surface area contributed by atoms with E-state index in [0.29, 0.717) is 0 Å². The summed E-state index contributed by atoms with van der Waals surface area (Å²) < 4.78 is 18.4. The summed E-state index contributed by atoms with van der Waals surface area (Å²) in [4.78, 5) is 5.45. The van der Waals surface area contributed by atoms with E-state index in [-0.39, 0.29) is 5.82 Å². The van der Waals surface area contributed by atoms with Crippen LogP contribution < -0.4 is 5.32 Å². The molecule has 22 heavy (non-hydrogen) atoms. The molecule has 0 aliphatic heterocycles. The van der Waals surface area contributed by atoms with Crippen molar-refractivity contribution in [3.63, 3.8) is 0 Å². The summed E-state index contributed by atoms with van der Waals surface area (Å²) in [5.41, 5.74) is 1.12. The Hall–Kier alpha value is -1.98. The number of hydrogen-bond donors (Lipinski definition) is 1. The Morgan fingerprint density at radius 1 is 1.18 bits per heavy atom. The van der Waals surface area contributed by atoms with Crippen molar-refractivity contribution < 1.29 is 8.81 Å². The number of benzene rings is 1. The second-order valence-electron chi connectivity index (χ2n) is 5.08. The first kappa shape index (κ1) is 14.9. The van der Waals surface area contributed by atoms with Crippen LogP contribution in [0.25, 0.3) is 10.6 Å². The van der Waals surface area contributed by atoms with E-state index in [1.54, 1.807) is 11.3 Å². The lowest BCUT2D eigenvalue weighted by Gasteiger charge is -2.03. The first-order valence-corrected chi connectivity index (χ1v) is 7.99. The lowest BCUT2D eigenvalue weighted by atomic mass is 10.1.